The Labute approximate surface area is 127 Å². The van der Waals surface area contributed by atoms with Crippen molar-refractivity contribution in [3.63, 3.8) is 0 Å². The van der Waals surface area contributed by atoms with Crippen LogP contribution in [-0.2, 0) is 9.53 Å². The Bertz CT molecular complexity index is 473. The highest BCUT2D eigenvalue weighted by Gasteiger charge is 2.40. The van der Waals surface area contributed by atoms with E-state index in [0.717, 1.165) is 19.3 Å². The maximum absolute atomic E-state index is 11.9. The maximum Gasteiger partial charge on any atom is 0.308 e. The van der Waals surface area contributed by atoms with Gasteiger partial charge in [-0.05, 0) is 38.2 Å². The third-order valence-corrected chi connectivity index (χ3v) is 4.76. The molecule has 0 aromatic heterocycles. The molecule has 1 N–H and O–H groups in total. The Kier molecular flexibility index (Phi) is 4.59. The van der Waals surface area contributed by atoms with Gasteiger partial charge in [-0.2, -0.15) is 0 Å². The van der Waals surface area contributed by atoms with Crippen molar-refractivity contribution >= 4 is 5.97 Å². The summed E-state index contributed by atoms with van der Waals surface area (Å²) in [6, 6.07) is 11.8. The molecule has 2 aliphatic carbocycles. The molecule has 0 heterocycles. The molecule has 2 fully saturated rings. The minimum absolute atomic E-state index is 0.000550. The molecule has 4 atom stereocenters. The van der Waals surface area contributed by atoms with E-state index in [9.17, 15) is 4.79 Å². The van der Waals surface area contributed by atoms with Crippen LogP contribution in [0.5, 0.6) is 0 Å². The lowest BCUT2D eigenvalue weighted by Crippen LogP contribution is -2.38. The number of hydrogen-bond donors (Lipinski definition) is 1. The predicted octanol–water partition coefficient (Wildman–Crippen LogP) is 3.25. The first-order valence-corrected chi connectivity index (χ1v) is 8.25. The van der Waals surface area contributed by atoms with Crippen LogP contribution >= 0.6 is 0 Å². The Morgan fingerprint density at radius 2 is 2.05 bits per heavy atom. The number of hydrogen-bond acceptors (Lipinski definition) is 3. The lowest BCUT2D eigenvalue weighted by molar-refractivity contribution is -0.149. The monoisotopic (exact) mass is 287 g/mol. The molecule has 0 amide bonds. The topological polar surface area (TPSA) is 38.3 Å². The number of ether oxygens (including phenoxy) is 1. The zero-order valence-electron chi connectivity index (χ0n) is 12.8. The zero-order valence-corrected chi connectivity index (χ0v) is 12.8. The van der Waals surface area contributed by atoms with Gasteiger partial charge < -0.3 is 10.1 Å². The summed E-state index contributed by atoms with van der Waals surface area (Å²) < 4.78 is 5.17. The largest absolute Gasteiger partial charge is 0.466 e. The van der Waals surface area contributed by atoms with Gasteiger partial charge in [-0.1, -0.05) is 36.8 Å². The first kappa shape index (κ1) is 14.6. The van der Waals surface area contributed by atoms with Gasteiger partial charge in [0.2, 0.25) is 0 Å². The SMILES string of the molecule is CCOC(=O)C1CCCC(NC2CC2c2ccccc2)C1. The molecule has 0 radical (unpaired) electrons. The molecule has 0 saturated heterocycles. The van der Waals surface area contributed by atoms with Crippen molar-refractivity contribution in [3.05, 3.63) is 35.9 Å². The fourth-order valence-electron chi connectivity index (χ4n) is 3.57. The van der Waals surface area contributed by atoms with Crippen molar-refractivity contribution in [2.75, 3.05) is 6.61 Å². The molecule has 3 heteroatoms. The summed E-state index contributed by atoms with van der Waals surface area (Å²) in [7, 11) is 0. The average molecular weight is 287 g/mol. The number of rotatable bonds is 5. The van der Waals surface area contributed by atoms with Crippen molar-refractivity contribution in [2.45, 2.75) is 57.0 Å². The molecular weight excluding hydrogens is 262 g/mol. The lowest BCUT2D eigenvalue weighted by Gasteiger charge is -2.28. The second kappa shape index (κ2) is 6.61. The van der Waals surface area contributed by atoms with E-state index in [4.69, 9.17) is 4.74 Å². The molecule has 21 heavy (non-hydrogen) atoms. The molecule has 1 aromatic rings. The van der Waals surface area contributed by atoms with E-state index < -0.39 is 0 Å². The van der Waals surface area contributed by atoms with Gasteiger partial charge >= 0.3 is 5.97 Å². The van der Waals surface area contributed by atoms with E-state index >= 15 is 0 Å². The number of carbonyl (C=O) groups is 1. The lowest BCUT2D eigenvalue weighted by atomic mass is 9.85. The molecular formula is C18H25NO2. The molecule has 0 spiro atoms. The second-order valence-electron chi connectivity index (χ2n) is 6.34. The summed E-state index contributed by atoms with van der Waals surface area (Å²) in [5.74, 6) is 0.763. The summed E-state index contributed by atoms with van der Waals surface area (Å²) >= 11 is 0. The van der Waals surface area contributed by atoms with Crippen LogP contribution in [0.3, 0.4) is 0 Å². The van der Waals surface area contributed by atoms with Gasteiger partial charge in [-0.3, -0.25) is 4.79 Å². The molecule has 0 bridgehead atoms. The predicted molar refractivity (Wildman–Crippen MR) is 83.1 cm³/mol. The molecule has 1 aromatic carbocycles. The molecule has 2 aliphatic rings. The van der Waals surface area contributed by atoms with E-state index in [1.165, 1.54) is 18.4 Å². The standard InChI is InChI=1S/C18H25NO2/c1-2-21-18(20)14-9-6-10-15(11-14)19-17-12-16(17)13-7-4-3-5-8-13/h3-5,7-8,14-17,19H,2,6,9-12H2,1H3. The Morgan fingerprint density at radius 3 is 2.81 bits per heavy atom. The van der Waals surface area contributed by atoms with Gasteiger partial charge in [0.05, 0.1) is 12.5 Å². The van der Waals surface area contributed by atoms with Gasteiger partial charge in [0.25, 0.3) is 0 Å². The van der Waals surface area contributed by atoms with Crippen LogP contribution in [0.1, 0.15) is 50.5 Å². The Balaban J connectivity index is 1.49. The third kappa shape index (κ3) is 3.65. The Hall–Kier alpha value is -1.35. The quantitative estimate of drug-likeness (QED) is 0.845. The van der Waals surface area contributed by atoms with E-state index in [0.29, 0.717) is 24.6 Å². The van der Waals surface area contributed by atoms with E-state index in [1.54, 1.807) is 0 Å². The summed E-state index contributed by atoms with van der Waals surface area (Å²) in [6.45, 7) is 2.37. The van der Waals surface area contributed by atoms with Crippen LogP contribution < -0.4 is 5.32 Å². The highest BCUT2D eigenvalue weighted by Crippen LogP contribution is 2.41. The van der Waals surface area contributed by atoms with Gasteiger partial charge in [0, 0.05) is 18.0 Å². The first-order valence-electron chi connectivity index (χ1n) is 8.25. The molecule has 2 saturated carbocycles. The van der Waals surface area contributed by atoms with Crippen molar-refractivity contribution in [3.8, 4) is 0 Å². The normalized spacial score (nSPS) is 31.7. The molecule has 0 aliphatic heterocycles. The zero-order chi connectivity index (χ0) is 14.7. The highest BCUT2D eigenvalue weighted by atomic mass is 16.5. The van der Waals surface area contributed by atoms with E-state index in [2.05, 4.69) is 35.6 Å². The fourth-order valence-corrected chi connectivity index (χ4v) is 3.57. The number of esters is 1. The average Bonchev–Trinajstić information content (AvgIpc) is 3.28. The van der Waals surface area contributed by atoms with Gasteiger partial charge in [0.1, 0.15) is 0 Å². The van der Waals surface area contributed by atoms with E-state index in [-0.39, 0.29) is 11.9 Å². The molecule has 3 nitrogen and oxygen atoms in total. The number of nitrogens with one attached hydrogen (secondary N) is 1. The Morgan fingerprint density at radius 1 is 1.24 bits per heavy atom. The number of benzene rings is 1. The summed E-state index contributed by atoms with van der Waals surface area (Å²) in [5.41, 5.74) is 1.44. The van der Waals surface area contributed by atoms with Crippen LogP contribution in [0.4, 0.5) is 0 Å². The smallest absolute Gasteiger partial charge is 0.308 e. The van der Waals surface area contributed by atoms with E-state index in [1.807, 2.05) is 6.92 Å². The fraction of sp³-hybridized carbons (Fsp3) is 0.611. The van der Waals surface area contributed by atoms with Gasteiger partial charge in [-0.15, -0.1) is 0 Å². The van der Waals surface area contributed by atoms with Crippen LogP contribution in [0, 0.1) is 5.92 Å². The van der Waals surface area contributed by atoms with Crippen molar-refractivity contribution in [2.24, 2.45) is 5.92 Å². The molecule has 3 rings (SSSR count). The first-order chi connectivity index (χ1) is 10.3. The third-order valence-electron chi connectivity index (χ3n) is 4.76. The maximum atomic E-state index is 11.9. The summed E-state index contributed by atoms with van der Waals surface area (Å²) in [6.07, 6.45) is 5.48. The van der Waals surface area contributed by atoms with Crippen LogP contribution in [0.15, 0.2) is 30.3 Å². The van der Waals surface area contributed by atoms with Gasteiger partial charge in [-0.25, -0.2) is 0 Å². The summed E-state index contributed by atoms with van der Waals surface area (Å²) in [5, 5.41) is 3.76. The minimum Gasteiger partial charge on any atom is -0.466 e. The molecule has 4 unspecified atom stereocenters. The van der Waals surface area contributed by atoms with Crippen molar-refractivity contribution in [1.82, 2.24) is 5.32 Å². The molecule has 114 valence electrons. The second-order valence-corrected chi connectivity index (χ2v) is 6.34. The van der Waals surface area contributed by atoms with Crippen LogP contribution in [-0.4, -0.2) is 24.7 Å². The van der Waals surface area contributed by atoms with Crippen molar-refractivity contribution < 1.29 is 9.53 Å². The van der Waals surface area contributed by atoms with Crippen LogP contribution in [0.25, 0.3) is 0 Å². The van der Waals surface area contributed by atoms with Gasteiger partial charge in [0.15, 0.2) is 0 Å². The van der Waals surface area contributed by atoms with Crippen molar-refractivity contribution in [1.29, 1.82) is 0 Å². The van der Waals surface area contributed by atoms with Crippen LogP contribution in [0.2, 0.25) is 0 Å². The summed E-state index contributed by atoms with van der Waals surface area (Å²) in [4.78, 5) is 11.9. The minimum atomic E-state index is -0.000550. The number of carbonyl (C=O) groups excluding carboxylic acids is 1. The highest BCUT2D eigenvalue weighted by molar-refractivity contribution is 5.72.